The van der Waals surface area contributed by atoms with Crippen LogP contribution in [-0.2, 0) is 0 Å². The van der Waals surface area contributed by atoms with E-state index in [1.165, 1.54) is 6.33 Å². The third-order valence-electron chi connectivity index (χ3n) is 3.29. The van der Waals surface area contributed by atoms with E-state index in [4.69, 9.17) is 11.0 Å². The lowest BCUT2D eigenvalue weighted by Crippen LogP contribution is -2.03. The van der Waals surface area contributed by atoms with Crippen LogP contribution in [-0.4, -0.2) is 29.5 Å². The summed E-state index contributed by atoms with van der Waals surface area (Å²) in [5.74, 6) is 0.412. The number of nitrogens with two attached hydrogens (primary N) is 1. The van der Waals surface area contributed by atoms with E-state index in [1.54, 1.807) is 22.8 Å². The van der Waals surface area contributed by atoms with Crippen LogP contribution >= 0.6 is 0 Å². The minimum absolute atomic E-state index is 0.150. The molecule has 0 aliphatic carbocycles. The van der Waals surface area contributed by atoms with Crippen LogP contribution in [0, 0.1) is 11.3 Å². The van der Waals surface area contributed by atoms with Gasteiger partial charge in [-0.1, -0.05) is 0 Å². The zero-order chi connectivity index (χ0) is 15.3. The van der Waals surface area contributed by atoms with Crippen LogP contribution in [0.1, 0.15) is 5.56 Å². The van der Waals surface area contributed by atoms with Crippen molar-refractivity contribution in [3.05, 3.63) is 40.6 Å². The maximum Gasteiger partial charge on any atom is 0.325 e. The van der Waals surface area contributed by atoms with Gasteiger partial charge >= 0.3 is 5.69 Å². The molecule has 3 aromatic heterocycles. The van der Waals surface area contributed by atoms with Crippen molar-refractivity contribution in [1.82, 2.24) is 29.5 Å². The first-order chi connectivity index (χ1) is 10.7. The van der Waals surface area contributed by atoms with Crippen molar-refractivity contribution in [1.29, 1.82) is 5.26 Å². The van der Waals surface area contributed by atoms with Crippen LogP contribution in [0.15, 0.2) is 29.3 Å². The standard InChI is InChI=1S/C13H8N8O/c14-4-6-1-2-7-8(3-6)21(5-16-7)12-18-10(15)9-11(19-12)20-13(22)17-9/h1-3,5H,(H4,15,17,18,19,20,22). The molecule has 0 aliphatic rings. The predicted octanol–water partition coefficient (Wildman–Crippen LogP) is 0.439. The summed E-state index contributed by atoms with van der Waals surface area (Å²) in [5.41, 5.74) is 7.98. The minimum Gasteiger partial charge on any atom is -0.382 e. The fourth-order valence-corrected chi connectivity index (χ4v) is 2.28. The third-order valence-corrected chi connectivity index (χ3v) is 3.29. The molecule has 0 saturated heterocycles. The van der Waals surface area contributed by atoms with Gasteiger partial charge in [0, 0.05) is 0 Å². The molecule has 9 nitrogen and oxygen atoms in total. The summed E-state index contributed by atoms with van der Waals surface area (Å²) in [7, 11) is 0. The molecule has 0 aliphatic heterocycles. The number of rotatable bonds is 1. The second-order valence-corrected chi connectivity index (χ2v) is 4.64. The maximum atomic E-state index is 11.3. The number of anilines is 1. The van der Waals surface area contributed by atoms with Gasteiger partial charge in [-0.3, -0.25) is 9.55 Å². The Morgan fingerprint density at radius 3 is 2.95 bits per heavy atom. The molecule has 0 radical (unpaired) electrons. The lowest BCUT2D eigenvalue weighted by atomic mass is 10.2. The molecule has 3 heterocycles. The summed E-state index contributed by atoms with van der Waals surface area (Å²) in [5, 5.41) is 9.01. The first-order valence-corrected chi connectivity index (χ1v) is 6.29. The molecule has 1 aromatic carbocycles. The van der Waals surface area contributed by atoms with Crippen molar-refractivity contribution in [2.24, 2.45) is 0 Å². The van der Waals surface area contributed by atoms with Gasteiger partial charge in [0.15, 0.2) is 11.5 Å². The molecule has 0 amide bonds. The van der Waals surface area contributed by atoms with Gasteiger partial charge in [-0.05, 0) is 18.2 Å². The molecular weight excluding hydrogens is 284 g/mol. The van der Waals surface area contributed by atoms with Crippen LogP contribution in [0.5, 0.6) is 0 Å². The van der Waals surface area contributed by atoms with Crippen LogP contribution in [0.25, 0.3) is 28.1 Å². The van der Waals surface area contributed by atoms with Crippen LogP contribution in [0.3, 0.4) is 0 Å². The first-order valence-electron chi connectivity index (χ1n) is 6.29. The number of imidazole rings is 2. The van der Waals surface area contributed by atoms with Gasteiger partial charge in [0.1, 0.15) is 11.8 Å². The Labute approximate surface area is 122 Å². The fourth-order valence-electron chi connectivity index (χ4n) is 2.28. The summed E-state index contributed by atoms with van der Waals surface area (Å²) >= 11 is 0. The van der Waals surface area contributed by atoms with Gasteiger partial charge in [-0.2, -0.15) is 15.2 Å². The molecule has 4 N–H and O–H groups in total. The largest absolute Gasteiger partial charge is 0.382 e. The van der Waals surface area contributed by atoms with Gasteiger partial charge < -0.3 is 10.7 Å². The Hall–Kier alpha value is -3.67. The van der Waals surface area contributed by atoms with Crippen molar-refractivity contribution < 1.29 is 0 Å². The zero-order valence-electron chi connectivity index (χ0n) is 11.0. The normalized spacial score (nSPS) is 11.0. The molecule has 0 fully saturated rings. The highest BCUT2D eigenvalue weighted by atomic mass is 16.1. The van der Waals surface area contributed by atoms with Crippen molar-refractivity contribution in [2.45, 2.75) is 0 Å². The number of nitrogens with one attached hydrogen (secondary N) is 2. The molecule has 22 heavy (non-hydrogen) atoms. The number of nitrogen functional groups attached to an aromatic ring is 1. The summed E-state index contributed by atoms with van der Waals surface area (Å²) in [6.45, 7) is 0. The Morgan fingerprint density at radius 1 is 1.27 bits per heavy atom. The molecule has 0 saturated carbocycles. The third kappa shape index (κ3) is 1.64. The number of H-pyrrole nitrogens is 2. The maximum absolute atomic E-state index is 11.3. The molecule has 4 rings (SSSR count). The molecule has 4 aromatic rings. The van der Waals surface area contributed by atoms with Crippen molar-refractivity contribution in [3.8, 4) is 12.0 Å². The van der Waals surface area contributed by atoms with E-state index in [1.807, 2.05) is 0 Å². The molecule has 9 heteroatoms. The van der Waals surface area contributed by atoms with Gasteiger partial charge in [-0.15, -0.1) is 0 Å². The molecule has 106 valence electrons. The number of nitriles is 1. The second-order valence-electron chi connectivity index (χ2n) is 4.64. The van der Waals surface area contributed by atoms with E-state index >= 15 is 0 Å². The van der Waals surface area contributed by atoms with Crippen LogP contribution < -0.4 is 11.4 Å². The Bertz CT molecular complexity index is 1130. The second kappa shape index (κ2) is 4.16. The van der Waals surface area contributed by atoms with Gasteiger partial charge in [-0.25, -0.2) is 9.78 Å². The Morgan fingerprint density at radius 2 is 2.14 bits per heavy atom. The topological polar surface area (TPSA) is 142 Å². The summed E-state index contributed by atoms with van der Waals surface area (Å²) in [6.07, 6.45) is 1.54. The highest BCUT2D eigenvalue weighted by Gasteiger charge is 2.12. The van der Waals surface area contributed by atoms with E-state index < -0.39 is 5.69 Å². The highest BCUT2D eigenvalue weighted by Crippen LogP contribution is 2.20. The number of benzene rings is 1. The number of nitrogens with zero attached hydrogens (tertiary/aromatic N) is 5. The average Bonchev–Trinajstić information content (AvgIpc) is 3.09. The Balaban J connectivity index is 2.02. The van der Waals surface area contributed by atoms with Gasteiger partial charge in [0.2, 0.25) is 5.95 Å². The predicted molar refractivity (Wildman–Crippen MR) is 78.3 cm³/mol. The SMILES string of the molecule is N#Cc1ccc2ncn(-c3nc(N)c4[nH]c(=O)[nH]c4n3)c2c1. The molecule has 0 bridgehead atoms. The van der Waals surface area contributed by atoms with Crippen molar-refractivity contribution >= 4 is 28.0 Å². The van der Waals surface area contributed by atoms with E-state index in [0.717, 1.165) is 0 Å². The number of hydrogen-bond donors (Lipinski definition) is 3. The monoisotopic (exact) mass is 292 g/mol. The van der Waals surface area contributed by atoms with Crippen LogP contribution in [0.2, 0.25) is 0 Å². The molecule has 0 atom stereocenters. The van der Waals surface area contributed by atoms with E-state index in [9.17, 15) is 4.79 Å². The fraction of sp³-hybridized carbons (Fsp3) is 0. The van der Waals surface area contributed by atoms with E-state index in [0.29, 0.717) is 27.8 Å². The summed E-state index contributed by atoms with van der Waals surface area (Å²) in [4.78, 5) is 29.1. The van der Waals surface area contributed by atoms with Crippen molar-refractivity contribution in [3.63, 3.8) is 0 Å². The van der Waals surface area contributed by atoms with E-state index in [-0.39, 0.29) is 11.8 Å². The van der Waals surface area contributed by atoms with Gasteiger partial charge in [0.05, 0.1) is 22.7 Å². The van der Waals surface area contributed by atoms with Crippen LogP contribution in [0.4, 0.5) is 5.82 Å². The molecule has 0 unspecified atom stereocenters. The number of hydrogen-bond acceptors (Lipinski definition) is 6. The lowest BCUT2D eigenvalue weighted by Gasteiger charge is -2.04. The summed E-state index contributed by atoms with van der Waals surface area (Å²) in [6, 6.07) is 7.18. The zero-order valence-corrected chi connectivity index (χ0v) is 11.0. The minimum atomic E-state index is -0.407. The highest BCUT2D eigenvalue weighted by molar-refractivity contribution is 5.83. The van der Waals surface area contributed by atoms with Gasteiger partial charge in [0.25, 0.3) is 0 Å². The lowest BCUT2D eigenvalue weighted by molar-refractivity contribution is 0.965. The first kappa shape index (κ1) is 12.1. The number of fused-ring (bicyclic) bond motifs is 2. The molecule has 0 spiro atoms. The number of aromatic nitrogens is 6. The number of aromatic amines is 2. The van der Waals surface area contributed by atoms with E-state index in [2.05, 4.69) is 31.0 Å². The molecular formula is C13H8N8O. The summed E-state index contributed by atoms with van der Waals surface area (Å²) < 4.78 is 1.61. The Kier molecular flexibility index (Phi) is 2.29. The quantitative estimate of drug-likeness (QED) is 0.464. The van der Waals surface area contributed by atoms with Crippen molar-refractivity contribution in [2.75, 3.05) is 5.73 Å². The average molecular weight is 292 g/mol. The smallest absolute Gasteiger partial charge is 0.325 e.